The van der Waals surface area contributed by atoms with E-state index in [0.29, 0.717) is 5.92 Å². The van der Waals surface area contributed by atoms with E-state index in [9.17, 15) is 9.59 Å². The average molecular weight is 258 g/mol. The summed E-state index contributed by atoms with van der Waals surface area (Å²) in [6.07, 6.45) is -0.572. The van der Waals surface area contributed by atoms with Crippen molar-refractivity contribution in [2.45, 2.75) is 59.7 Å². The molecule has 0 fully saturated rings. The van der Waals surface area contributed by atoms with Crippen LogP contribution in [0.1, 0.15) is 47.5 Å². The van der Waals surface area contributed by atoms with Crippen LogP contribution in [0.2, 0.25) is 0 Å². The highest BCUT2D eigenvalue weighted by molar-refractivity contribution is 5.73. The normalized spacial score (nSPS) is 13.1. The van der Waals surface area contributed by atoms with Gasteiger partial charge < -0.3 is 9.47 Å². The Labute approximate surface area is 108 Å². The van der Waals surface area contributed by atoms with Crippen molar-refractivity contribution >= 4 is 12.2 Å². The Hall–Kier alpha value is -1.46. The van der Waals surface area contributed by atoms with Crippen LogP contribution in [0, 0.1) is 5.92 Å². The van der Waals surface area contributed by atoms with Gasteiger partial charge >= 0.3 is 12.2 Å². The van der Waals surface area contributed by atoms with Gasteiger partial charge in [0.1, 0.15) is 6.10 Å². The molecule has 0 aromatic rings. The minimum absolute atomic E-state index is 0.236. The van der Waals surface area contributed by atoms with Gasteiger partial charge in [-0.25, -0.2) is 9.59 Å². The third-order valence-electron chi connectivity index (χ3n) is 2.00. The lowest BCUT2D eigenvalue weighted by molar-refractivity contribution is 0.103. The molecule has 0 saturated heterocycles. The van der Waals surface area contributed by atoms with E-state index in [1.807, 2.05) is 0 Å². The van der Waals surface area contributed by atoms with Crippen molar-refractivity contribution in [1.82, 2.24) is 0 Å². The Bertz CT molecular complexity index is 300. The van der Waals surface area contributed by atoms with E-state index < -0.39 is 12.2 Å². The monoisotopic (exact) mass is 258 g/mol. The molecule has 1 atom stereocenters. The van der Waals surface area contributed by atoms with Gasteiger partial charge in [-0.1, -0.05) is 24.1 Å². The van der Waals surface area contributed by atoms with E-state index in [1.165, 1.54) is 0 Å². The minimum atomic E-state index is -0.892. The lowest BCUT2D eigenvalue weighted by atomic mass is 10.1. The van der Waals surface area contributed by atoms with Crippen LogP contribution in [0.5, 0.6) is 0 Å². The molecule has 0 aliphatic heterocycles. The van der Waals surface area contributed by atoms with Crippen molar-refractivity contribution in [3.63, 3.8) is 0 Å². The third kappa shape index (κ3) is 9.74. The molecule has 0 saturated carbocycles. The first kappa shape index (κ1) is 16.5. The topological polar surface area (TPSA) is 77.3 Å². The summed E-state index contributed by atoms with van der Waals surface area (Å²) in [7, 11) is 0. The van der Waals surface area contributed by atoms with Crippen molar-refractivity contribution in [1.29, 1.82) is 0 Å². The van der Waals surface area contributed by atoms with E-state index in [4.69, 9.17) is 4.74 Å². The molecular formula is C12H22N2O4. The molecule has 0 aliphatic rings. The fourth-order valence-electron chi connectivity index (χ4n) is 1.13. The average Bonchev–Trinajstić information content (AvgIpc) is 2.22. The lowest BCUT2D eigenvalue weighted by Crippen LogP contribution is -2.13. The summed E-state index contributed by atoms with van der Waals surface area (Å²) in [5, 5.41) is 6.24. The second-order valence-electron chi connectivity index (χ2n) is 4.80. The van der Waals surface area contributed by atoms with Gasteiger partial charge in [0, 0.05) is 0 Å². The summed E-state index contributed by atoms with van der Waals surface area (Å²) in [4.78, 5) is 22.2. The van der Waals surface area contributed by atoms with E-state index in [0.717, 1.165) is 12.8 Å². The van der Waals surface area contributed by atoms with Crippen LogP contribution >= 0.6 is 0 Å². The van der Waals surface area contributed by atoms with Crippen LogP contribution < -0.4 is 0 Å². The molecule has 0 aromatic heterocycles. The fourth-order valence-corrected chi connectivity index (χ4v) is 1.13. The predicted molar refractivity (Wildman–Crippen MR) is 66.5 cm³/mol. The van der Waals surface area contributed by atoms with Crippen molar-refractivity contribution in [2.75, 3.05) is 0 Å². The number of amides is 2. The highest BCUT2D eigenvalue weighted by atomic mass is 16.6. The van der Waals surface area contributed by atoms with Crippen molar-refractivity contribution < 1.29 is 19.1 Å². The Morgan fingerprint density at radius 3 is 1.83 bits per heavy atom. The fraction of sp³-hybridized carbons (Fsp3) is 0.833. The van der Waals surface area contributed by atoms with Gasteiger partial charge in [-0.15, -0.1) is 0 Å². The van der Waals surface area contributed by atoms with E-state index in [2.05, 4.69) is 28.8 Å². The summed E-state index contributed by atoms with van der Waals surface area (Å²) >= 11 is 0. The van der Waals surface area contributed by atoms with E-state index in [-0.39, 0.29) is 12.2 Å². The number of carbonyl (C=O) groups excluding carboxylic acids is 2. The molecule has 0 heterocycles. The highest BCUT2D eigenvalue weighted by Gasteiger charge is 2.10. The summed E-state index contributed by atoms with van der Waals surface area (Å²) in [6, 6.07) is 0. The number of hydrogen-bond acceptors (Lipinski definition) is 4. The second kappa shape index (κ2) is 8.60. The maximum Gasteiger partial charge on any atom is 0.452 e. The third-order valence-corrected chi connectivity index (χ3v) is 2.00. The van der Waals surface area contributed by atoms with Gasteiger partial charge in [0.25, 0.3) is 0 Å². The number of azo groups is 1. The number of rotatable bonds is 5. The second-order valence-corrected chi connectivity index (χ2v) is 4.80. The number of ether oxygens (including phenoxy) is 2. The van der Waals surface area contributed by atoms with Crippen molar-refractivity contribution in [3.05, 3.63) is 0 Å². The summed E-state index contributed by atoms with van der Waals surface area (Å²) in [5.74, 6) is 0.550. The zero-order valence-corrected chi connectivity index (χ0v) is 11.7. The predicted octanol–water partition coefficient (Wildman–Crippen LogP) is 3.94. The quantitative estimate of drug-likeness (QED) is 0.699. The molecule has 6 nitrogen and oxygen atoms in total. The maximum absolute atomic E-state index is 11.2. The Morgan fingerprint density at radius 2 is 1.39 bits per heavy atom. The minimum Gasteiger partial charge on any atom is -0.444 e. The summed E-state index contributed by atoms with van der Waals surface area (Å²) < 4.78 is 9.63. The molecule has 0 radical (unpaired) electrons. The molecule has 0 aliphatic carbocycles. The zero-order chi connectivity index (χ0) is 14.1. The first-order valence-electron chi connectivity index (χ1n) is 6.14. The zero-order valence-electron chi connectivity index (χ0n) is 11.7. The van der Waals surface area contributed by atoms with Crippen LogP contribution in [0.25, 0.3) is 0 Å². The van der Waals surface area contributed by atoms with Gasteiger partial charge in [-0.2, -0.15) is 0 Å². The van der Waals surface area contributed by atoms with Gasteiger partial charge in [-0.05, 0) is 39.5 Å². The van der Waals surface area contributed by atoms with Gasteiger partial charge in [0.05, 0.1) is 6.10 Å². The molecule has 18 heavy (non-hydrogen) atoms. The number of nitrogens with zero attached hydrogens (tertiary/aromatic N) is 2. The van der Waals surface area contributed by atoms with Crippen LogP contribution in [-0.4, -0.2) is 24.4 Å². The molecule has 0 rings (SSSR count). The van der Waals surface area contributed by atoms with Crippen molar-refractivity contribution in [3.8, 4) is 0 Å². The Balaban J connectivity index is 3.95. The largest absolute Gasteiger partial charge is 0.452 e. The molecular weight excluding hydrogens is 236 g/mol. The first-order chi connectivity index (χ1) is 8.31. The Kier molecular flexibility index (Phi) is 7.91. The van der Waals surface area contributed by atoms with Gasteiger partial charge in [0.15, 0.2) is 0 Å². The van der Waals surface area contributed by atoms with Crippen LogP contribution in [0.15, 0.2) is 10.2 Å². The number of hydrogen-bond donors (Lipinski definition) is 0. The van der Waals surface area contributed by atoms with Crippen LogP contribution in [0.3, 0.4) is 0 Å². The lowest BCUT2D eigenvalue weighted by Gasteiger charge is -2.11. The molecule has 0 bridgehead atoms. The SMILES string of the molecule is CC(C)CCC(C)OC(=O)/N=N/C(=O)OC(C)C. The summed E-state index contributed by atoms with van der Waals surface area (Å²) in [5.41, 5.74) is 0. The maximum atomic E-state index is 11.2. The molecule has 0 spiro atoms. The molecule has 2 amide bonds. The molecule has 6 heteroatoms. The van der Waals surface area contributed by atoms with E-state index >= 15 is 0 Å². The highest BCUT2D eigenvalue weighted by Crippen LogP contribution is 2.09. The first-order valence-corrected chi connectivity index (χ1v) is 6.14. The summed E-state index contributed by atoms with van der Waals surface area (Å²) in [6.45, 7) is 9.33. The standard InChI is InChI=1S/C12H22N2O4/c1-8(2)6-7-10(5)18-12(16)14-13-11(15)17-9(3)4/h8-10H,6-7H2,1-5H3/b14-13+. The number of carbonyl (C=O) groups is 2. The molecule has 0 N–H and O–H groups in total. The molecule has 104 valence electrons. The molecule has 0 aromatic carbocycles. The van der Waals surface area contributed by atoms with Crippen molar-refractivity contribution in [2.24, 2.45) is 16.1 Å². The Morgan fingerprint density at radius 1 is 0.889 bits per heavy atom. The van der Waals surface area contributed by atoms with Crippen LogP contribution in [0.4, 0.5) is 9.59 Å². The molecule has 1 unspecified atom stereocenters. The van der Waals surface area contributed by atoms with Gasteiger partial charge in [0.2, 0.25) is 0 Å². The van der Waals surface area contributed by atoms with E-state index in [1.54, 1.807) is 20.8 Å². The smallest absolute Gasteiger partial charge is 0.444 e. The van der Waals surface area contributed by atoms with Crippen LogP contribution in [-0.2, 0) is 9.47 Å². The van der Waals surface area contributed by atoms with Gasteiger partial charge in [-0.3, -0.25) is 0 Å².